The lowest BCUT2D eigenvalue weighted by atomic mass is 10.0. The number of fused-ring (bicyclic) bond motifs is 1. The molecule has 0 spiro atoms. The standard InChI is InChI=1S/C17H20N4O3/c1-17(2,3)20-14-8-9-19(11-12(14)10-18-20)16(22)13-6-4-5-7-15(13)21(23)24/h4-7,10H,8-9,11H2,1-3H3. The van der Waals surface area contributed by atoms with E-state index in [1.807, 2.05) is 4.68 Å². The molecule has 0 radical (unpaired) electrons. The molecule has 3 rings (SSSR count). The van der Waals surface area contributed by atoms with Crippen LogP contribution in [0.1, 0.15) is 42.4 Å². The largest absolute Gasteiger partial charge is 0.334 e. The number of para-hydroxylation sites is 1. The Bertz CT molecular complexity index is 804. The number of rotatable bonds is 2. The second kappa shape index (κ2) is 5.74. The minimum Gasteiger partial charge on any atom is -0.334 e. The fourth-order valence-corrected chi connectivity index (χ4v) is 3.07. The Hall–Kier alpha value is -2.70. The monoisotopic (exact) mass is 328 g/mol. The number of carbonyl (C=O) groups excluding carboxylic acids is 1. The van der Waals surface area contributed by atoms with E-state index in [4.69, 9.17) is 0 Å². The molecule has 1 aromatic carbocycles. The lowest BCUT2D eigenvalue weighted by molar-refractivity contribution is -0.385. The van der Waals surface area contributed by atoms with Crippen LogP contribution in [0.2, 0.25) is 0 Å². The molecule has 0 N–H and O–H groups in total. The number of amides is 1. The Morgan fingerprint density at radius 1 is 1.29 bits per heavy atom. The molecule has 0 bridgehead atoms. The lowest BCUT2D eigenvalue weighted by Crippen LogP contribution is -2.37. The summed E-state index contributed by atoms with van der Waals surface area (Å²) in [4.78, 5) is 25.0. The molecule has 7 nitrogen and oxygen atoms in total. The maximum Gasteiger partial charge on any atom is 0.282 e. The van der Waals surface area contributed by atoms with Crippen molar-refractivity contribution in [2.45, 2.75) is 39.3 Å². The molecule has 1 aliphatic heterocycles. The van der Waals surface area contributed by atoms with Gasteiger partial charge in [0.25, 0.3) is 11.6 Å². The smallest absolute Gasteiger partial charge is 0.282 e. The van der Waals surface area contributed by atoms with Crippen molar-refractivity contribution in [1.29, 1.82) is 0 Å². The highest BCUT2D eigenvalue weighted by Crippen LogP contribution is 2.27. The van der Waals surface area contributed by atoms with E-state index < -0.39 is 4.92 Å². The summed E-state index contributed by atoms with van der Waals surface area (Å²) in [7, 11) is 0. The van der Waals surface area contributed by atoms with Crippen molar-refractivity contribution in [3.05, 3.63) is 57.4 Å². The van der Waals surface area contributed by atoms with Crippen molar-refractivity contribution in [2.24, 2.45) is 0 Å². The number of aromatic nitrogens is 2. The maximum atomic E-state index is 12.7. The minimum atomic E-state index is -0.514. The topological polar surface area (TPSA) is 81.3 Å². The zero-order chi connectivity index (χ0) is 17.5. The van der Waals surface area contributed by atoms with Gasteiger partial charge in [0.1, 0.15) is 5.56 Å². The molecule has 1 aliphatic rings. The van der Waals surface area contributed by atoms with Crippen LogP contribution < -0.4 is 0 Å². The Labute approximate surface area is 140 Å². The summed E-state index contributed by atoms with van der Waals surface area (Å²) in [6, 6.07) is 6.08. The number of hydrogen-bond acceptors (Lipinski definition) is 4. The lowest BCUT2D eigenvalue weighted by Gasteiger charge is -2.30. The highest BCUT2D eigenvalue weighted by Gasteiger charge is 2.30. The fourth-order valence-electron chi connectivity index (χ4n) is 3.07. The summed E-state index contributed by atoms with van der Waals surface area (Å²) in [5.41, 5.74) is 2.00. The second-order valence-corrected chi connectivity index (χ2v) is 6.95. The van der Waals surface area contributed by atoms with Crippen LogP contribution in [0.4, 0.5) is 5.69 Å². The van der Waals surface area contributed by atoms with Crippen molar-refractivity contribution < 1.29 is 9.72 Å². The van der Waals surface area contributed by atoms with Gasteiger partial charge in [0.2, 0.25) is 0 Å². The van der Waals surface area contributed by atoms with Gasteiger partial charge in [-0.3, -0.25) is 19.6 Å². The van der Waals surface area contributed by atoms with Crippen molar-refractivity contribution >= 4 is 11.6 Å². The third-order valence-corrected chi connectivity index (χ3v) is 4.19. The van der Waals surface area contributed by atoms with Gasteiger partial charge in [-0.25, -0.2) is 0 Å². The van der Waals surface area contributed by atoms with Crippen molar-refractivity contribution in [2.75, 3.05) is 6.54 Å². The average molecular weight is 328 g/mol. The van der Waals surface area contributed by atoms with E-state index in [2.05, 4.69) is 25.9 Å². The first kappa shape index (κ1) is 16.2. The predicted molar refractivity (Wildman–Crippen MR) is 88.8 cm³/mol. The molecule has 0 fully saturated rings. The Morgan fingerprint density at radius 3 is 2.67 bits per heavy atom. The summed E-state index contributed by atoms with van der Waals surface area (Å²) in [6.45, 7) is 7.22. The summed E-state index contributed by atoms with van der Waals surface area (Å²) < 4.78 is 2.00. The van der Waals surface area contributed by atoms with Gasteiger partial charge in [0, 0.05) is 36.8 Å². The third-order valence-electron chi connectivity index (χ3n) is 4.19. The summed E-state index contributed by atoms with van der Waals surface area (Å²) in [5.74, 6) is -0.309. The zero-order valence-corrected chi connectivity index (χ0v) is 14.0. The Morgan fingerprint density at radius 2 is 2.00 bits per heavy atom. The van der Waals surface area contributed by atoms with E-state index in [0.717, 1.165) is 11.3 Å². The first-order chi connectivity index (χ1) is 11.3. The Kier molecular flexibility index (Phi) is 3.87. The van der Waals surface area contributed by atoms with Gasteiger partial charge in [-0.15, -0.1) is 0 Å². The number of nitro benzene ring substituents is 1. The van der Waals surface area contributed by atoms with Gasteiger partial charge in [0.05, 0.1) is 16.7 Å². The first-order valence-corrected chi connectivity index (χ1v) is 7.88. The Balaban J connectivity index is 1.88. The average Bonchev–Trinajstić information content (AvgIpc) is 2.97. The van der Waals surface area contributed by atoms with Crippen molar-refractivity contribution in [3.63, 3.8) is 0 Å². The second-order valence-electron chi connectivity index (χ2n) is 6.95. The van der Waals surface area contributed by atoms with Crippen LogP contribution in [0.3, 0.4) is 0 Å². The zero-order valence-electron chi connectivity index (χ0n) is 14.0. The molecular weight excluding hydrogens is 308 g/mol. The number of nitro groups is 1. The van der Waals surface area contributed by atoms with E-state index in [0.29, 0.717) is 19.5 Å². The van der Waals surface area contributed by atoms with Crippen LogP contribution in [0.5, 0.6) is 0 Å². The highest BCUT2D eigenvalue weighted by molar-refractivity contribution is 5.98. The SMILES string of the molecule is CC(C)(C)n1ncc2c1CCN(C(=O)c1ccccc1[N+](=O)[O-])C2. The number of nitrogens with zero attached hydrogens (tertiary/aromatic N) is 4. The van der Waals surface area contributed by atoms with E-state index in [-0.39, 0.29) is 22.7 Å². The quantitative estimate of drug-likeness (QED) is 0.627. The molecule has 0 saturated carbocycles. The molecule has 0 unspecified atom stereocenters. The molecule has 24 heavy (non-hydrogen) atoms. The third kappa shape index (κ3) is 2.77. The van der Waals surface area contributed by atoms with Gasteiger partial charge in [-0.1, -0.05) is 12.1 Å². The van der Waals surface area contributed by atoms with E-state index in [1.165, 1.54) is 12.1 Å². The normalized spacial score (nSPS) is 14.4. The molecule has 1 aromatic heterocycles. The molecule has 126 valence electrons. The van der Waals surface area contributed by atoms with E-state index in [9.17, 15) is 14.9 Å². The summed E-state index contributed by atoms with van der Waals surface area (Å²) in [6.07, 6.45) is 2.48. The van der Waals surface area contributed by atoms with Crippen molar-refractivity contribution in [3.8, 4) is 0 Å². The van der Waals surface area contributed by atoms with Crippen LogP contribution in [0.25, 0.3) is 0 Å². The molecule has 2 aromatic rings. The number of benzene rings is 1. The highest BCUT2D eigenvalue weighted by atomic mass is 16.6. The van der Waals surface area contributed by atoms with Gasteiger partial charge in [-0.05, 0) is 26.8 Å². The molecular formula is C17H20N4O3. The maximum absolute atomic E-state index is 12.7. The van der Waals surface area contributed by atoms with Crippen LogP contribution in [-0.4, -0.2) is 32.1 Å². The molecule has 2 heterocycles. The molecule has 7 heteroatoms. The molecule has 1 amide bonds. The van der Waals surface area contributed by atoms with Gasteiger partial charge < -0.3 is 4.90 Å². The van der Waals surface area contributed by atoms with Crippen LogP contribution >= 0.6 is 0 Å². The van der Waals surface area contributed by atoms with E-state index in [1.54, 1.807) is 23.2 Å². The first-order valence-electron chi connectivity index (χ1n) is 7.88. The predicted octanol–water partition coefficient (Wildman–Crippen LogP) is 2.74. The summed E-state index contributed by atoms with van der Waals surface area (Å²) >= 11 is 0. The van der Waals surface area contributed by atoms with E-state index >= 15 is 0 Å². The van der Waals surface area contributed by atoms with Gasteiger partial charge in [0.15, 0.2) is 0 Å². The van der Waals surface area contributed by atoms with Crippen molar-refractivity contribution in [1.82, 2.24) is 14.7 Å². The fraction of sp³-hybridized carbons (Fsp3) is 0.412. The van der Waals surface area contributed by atoms with Gasteiger partial charge in [-0.2, -0.15) is 5.10 Å². The number of hydrogen-bond donors (Lipinski definition) is 0. The molecule has 0 aliphatic carbocycles. The number of carbonyl (C=O) groups is 1. The van der Waals surface area contributed by atoms with Crippen LogP contribution in [0.15, 0.2) is 30.5 Å². The van der Waals surface area contributed by atoms with Crippen LogP contribution in [-0.2, 0) is 18.5 Å². The van der Waals surface area contributed by atoms with Gasteiger partial charge >= 0.3 is 0 Å². The van der Waals surface area contributed by atoms with Crippen LogP contribution in [0, 0.1) is 10.1 Å². The minimum absolute atomic E-state index is 0.113. The molecule has 0 atom stereocenters. The molecule has 0 saturated heterocycles. The summed E-state index contributed by atoms with van der Waals surface area (Å²) in [5, 5.41) is 15.6.